The van der Waals surface area contributed by atoms with E-state index in [-0.39, 0.29) is 5.91 Å². The zero-order valence-electron chi connectivity index (χ0n) is 10.8. The Morgan fingerprint density at radius 1 is 1.58 bits per heavy atom. The number of fused-ring (bicyclic) bond motifs is 1. The number of hydrogen-bond acceptors (Lipinski definition) is 4. The topological polar surface area (TPSA) is 50.2 Å². The number of carbonyl (C=O) groups excluding carboxylic acids is 1. The van der Waals surface area contributed by atoms with Gasteiger partial charge in [0, 0.05) is 31.2 Å². The molecule has 1 N–H and O–H groups in total. The van der Waals surface area contributed by atoms with Crippen LogP contribution in [0, 0.1) is 0 Å². The van der Waals surface area contributed by atoms with Gasteiger partial charge in [0.15, 0.2) is 0 Å². The first-order valence-corrected chi connectivity index (χ1v) is 7.16. The van der Waals surface area contributed by atoms with Gasteiger partial charge in [0.05, 0.1) is 18.4 Å². The van der Waals surface area contributed by atoms with Gasteiger partial charge in [-0.3, -0.25) is 9.48 Å². The number of aromatic nitrogens is 2. The minimum absolute atomic E-state index is 0.140. The molecule has 0 saturated carbocycles. The summed E-state index contributed by atoms with van der Waals surface area (Å²) < 4.78 is 1.71. The highest BCUT2D eigenvalue weighted by Gasteiger charge is 2.21. The molecule has 0 bridgehead atoms. The van der Waals surface area contributed by atoms with Gasteiger partial charge in [0.25, 0.3) is 0 Å². The lowest BCUT2D eigenvalue weighted by atomic mass is 10.1. The number of rotatable bonds is 3. The van der Waals surface area contributed by atoms with Gasteiger partial charge >= 0.3 is 0 Å². The van der Waals surface area contributed by atoms with Crippen LogP contribution < -0.4 is 5.32 Å². The second kappa shape index (κ2) is 5.05. The van der Waals surface area contributed by atoms with Crippen LogP contribution in [0.15, 0.2) is 23.8 Å². The van der Waals surface area contributed by atoms with Crippen LogP contribution in [-0.4, -0.2) is 33.7 Å². The van der Waals surface area contributed by atoms with E-state index in [4.69, 9.17) is 0 Å². The largest absolute Gasteiger partial charge is 0.374 e. The van der Waals surface area contributed by atoms with E-state index in [1.54, 1.807) is 22.2 Å². The highest BCUT2D eigenvalue weighted by atomic mass is 32.1. The minimum atomic E-state index is 0.140. The van der Waals surface area contributed by atoms with Crippen LogP contribution in [0.1, 0.15) is 10.4 Å². The molecule has 0 radical (unpaired) electrons. The summed E-state index contributed by atoms with van der Waals surface area (Å²) in [5.41, 5.74) is 2.18. The molecular formula is C13H16N4OS. The third-order valence-electron chi connectivity index (χ3n) is 3.31. The third kappa shape index (κ3) is 2.63. The second-order valence-corrected chi connectivity index (χ2v) is 5.69. The van der Waals surface area contributed by atoms with Crippen molar-refractivity contribution in [2.45, 2.75) is 13.0 Å². The van der Waals surface area contributed by atoms with E-state index >= 15 is 0 Å². The standard InChI is InChI=1S/C13H16N4OS/c1-16-9-11(6-15-16)14-7-13(18)17-4-2-12-10(8-17)3-5-19-12/h3,5-6,9,14H,2,4,7-8H2,1H3. The second-order valence-electron chi connectivity index (χ2n) is 4.69. The summed E-state index contributed by atoms with van der Waals surface area (Å²) in [5, 5.41) is 9.27. The molecule has 0 aliphatic carbocycles. The lowest BCUT2D eigenvalue weighted by Crippen LogP contribution is -2.38. The van der Waals surface area contributed by atoms with Gasteiger partial charge in [-0.15, -0.1) is 11.3 Å². The predicted molar refractivity (Wildman–Crippen MR) is 75.1 cm³/mol. The molecule has 5 nitrogen and oxygen atoms in total. The Bertz CT molecular complexity index is 589. The summed E-state index contributed by atoms with van der Waals surface area (Å²) in [6.45, 7) is 1.89. The quantitative estimate of drug-likeness (QED) is 0.924. The van der Waals surface area contributed by atoms with Crippen LogP contribution in [0.4, 0.5) is 5.69 Å². The summed E-state index contributed by atoms with van der Waals surface area (Å²) >= 11 is 1.79. The maximum Gasteiger partial charge on any atom is 0.242 e. The number of amides is 1. The maximum absolute atomic E-state index is 12.1. The zero-order chi connectivity index (χ0) is 13.2. The Balaban J connectivity index is 1.57. The first-order valence-electron chi connectivity index (χ1n) is 6.28. The highest BCUT2D eigenvalue weighted by Crippen LogP contribution is 2.23. The lowest BCUT2D eigenvalue weighted by molar-refractivity contribution is -0.130. The molecule has 0 fully saturated rings. The molecule has 0 saturated heterocycles. The number of nitrogens with one attached hydrogen (secondary N) is 1. The monoisotopic (exact) mass is 276 g/mol. The van der Waals surface area contributed by atoms with Crippen molar-refractivity contribution < 1.29 is 4.79 Å². The minimum Gasteiger partial charge on any atom is -0.374 e. The Morgan fingerprint density at radius 2 is 2.47 bits per heavy atom. The molecule has 2 aromatic heterocycles. The average molecular weight is 276 g/mol. The molecule has 1 aliphatic rings. The van der Waals surface area contributed by atoms with E-state index in [9.17, 15) is 4.79 Å². The van der Waals surface area contributed by atoms with Crippen LogP contribution in [-0.2, 0) is 24.8 Å². The molecule has 6 heteroatoms. The number of thiophene rings is 1. The number of carbonyl (C=O) groups is 1. The maximum atomic E-state index is 12.1. The van der Waals surface area contributed by atoms with Gasteiger partial charge in [-0.1, -0.05) is 0 Å². The summed E-state index contributed by atoms with van der Waals surface area (Å²) in [6.07, 6.45) is 4.56. The molecule has 2 aromatic rings. The van der Waals surface area contributed by atoms with Crippen molar-refractivity contribution in [2.75, 3.05) is 18.4 Å². The van der Waals surface area contributed by atoms with Gasteiger partial charge in [0.1, 0.15) is 0 Å². The Kier molecular flexibility index (Phi) is 3.25. The number of nitrogens with zero attached hydrogens (tertiary/aromatic N) is 3. The lowest BCUT2D eigenvalue weighted by Gasteiger charge is -2.27. The Morgan fingerprint density at radius 3 is 3.26 bits per heavy atom. The Hall–Kier alpha value is -1.82. The molecule has 0 aromatic carbocycles. The number of hydrogen-bond donors (Lipinski definition) is 1. The van der Waals surface area contributed by atoms with E-state index < -0.39 is 0 Å². The van der Waals surface area contributed by atoms with Gasteiger partial charge < -0.3 is 10.2 Å². The Labute approximate surface area is 115 Å². The third-order valence-corrected chi connectivity index (χ3v) is 4.33. The highest BCUT2D eigenvalue weighted by molar-refractivity contribution is 7.10. The van der Waals surface area contributed by atoms with Crippen molar-refractivity contribution in [3.05, 3.63) is 34.3 Å². The van der Waals surface area contributed by atoms with Crippen molar-refractivity contribution >= 4 is 22.9 Å². The molecule has 0 spiro atoms. The fourth-order valence-corrected chi connectivity index (χ4v) is 3.15. The van der Waals surface area contributed by atoms with Gasteiger partial charge in [-0.05, 0) is 23.4 Å². The fourth-order valence-electron chi connectivity index (χ4n) is 2.26. The van der Waals surface area contributed by atoms with Gasteiger partial charge in [-0.25, -0.2) is 0 Å². The predicted octanol–water partition coefficient (Wildman–Crippen LogP) is 1.48. The van der Waals surface area contributed by atoms with E-state index in [1.165, 1.54) is 10.4 Å². The molecule has 1 amide bonds. The van der Waals surface area contributed by atoms with Crippen molar-refractivity contribution in [2.24, 2.45) is 7.05 Å². The van der Waals surface area contributed by atoms with Crippen molar-refractivity contribution in [3.63, 3.8) is 0 Å². The van der Waals surface area contributed by atoms with E-state index in [0.717, 1.165) is 25.2 Å². The first-order chi connectivity index (χ1) is 9.22. The SMILES string of the molecule is Cn1cc(NCC(=O)N2CCc3sccc3C2)cn1. The van der Waals surface area contributed by atoms with Crippen LogP contribution in [0.3, 0.4) is 0 Å². The smallest absolute Gasteiger partial charge is 0.242 e. The van der Waals surface area contributed by atoms with Crippen LogP contribution in [0.5, 0.6) is 0 Å². The molecular weight excluding hydrogens is 260 g/mol. The normalized spacial score (nSPS) is 14.3. The molecule has 100 valence electrons. The van der Waals surface area contributed by atoms with Gasteiger partial charge in [-0.2, -0.15) is 5.10 Å². The molecule has 0 unspecified atom stereocenters. The molecule has 1 aliphatic heterocycles. The molecule has 3 heterocycles. The van der Waals surface area contributed by atoms with E-state index in [1.807, 2.05) is 18.1 Å². The van der Waals surface area contributed by atoms with Crippen LogP contribution in [0.2, 0.25) is 0 Å². The summed E-state index contributed by atoms with van der Waals surface area (Å²) in [7, 11) is 1.86. The van der Waals surface area contributed by atoms with Crippen molar-refractivity contribution in [3.8, 4) is 0 Å². The number of aryl methyl sites for hydroxylation is 1. The number of anilines is 1. The zero-order valence-corrected chi connectivity index (χ0v) is 11.6. The van der Waals surface area contributed by atoms with Gasteiger partial charge in [0.2, 0.25) is 5.91 Å². The van der Waals surface area contributed by atoms with Crippen LogP contribution >= 0.6 is 11.3 Å². The van der Waals surface area contributed by atoms with Crippen molar-refractivity contribution in [1.29, 1.82) is 0 Å². The molecule has 19 heavy (non-hydrogen) atoms. The fraction of sp³-hybridized carbons (Fsp3) is 0.385. The van der Waals surface area contributed by atoms with Crippen LogP contribution in [0.25, 0.3) is 0 Å². The first kappa shape index (κ1) is 12.2. The van der Waals surface area contributed by atoms with Crippen molar-refractivity contribution in [1.82, 2.24) is 14.7 Å². The summed E-state index contributed by atoms with van der Waals surface area (Å²) in [5.74, 6) is 0.140. The summed E-state index contributed by atoms with van der Waals surface area (Å²) in [4.78, 5) is 15.5. The van der Waals surface area contributed by atoms with E-state index in [0.29, 0.717) is 6.54 Å². The van der Waals surface area contributed by atoms with E-state index in [2.05, 4.69) is 21.9 Å². The average Bonchev–Trinajstić information content (AvgIpc) is 3.03. The summed E-state index contributed by atoms with van der Waals surface area (Å²) in [6, 6.07) is 2.12. The molecule has 0 atom stereocenters. The molecule has 3 rings (SSSR count).